The van der Waals surface area contributed by atoms with Crippen molar-refractivity contribution in [3.8, 4) is 11.5 Å². The second-order valence-electron chi connectivity index (χ2n) is 8.37. The molecule has 2 bridgehead atoms. The molecule has 2 aliphatic rings. The van der Waals surface area contributed by atoms with Gasteiger partial charge in [-0.2, -0.15) is 0 Å². The highest BCUT2D eigenvalue weighted by molar-refractivity contribution is 6.03. The third-order valence-electron chi connectivity index (χ3n) is 6.27. The van der Waals surface area contributed by atoms with Crippen molar-refractivity contribution in [2.45, 2.75) is 19.8 Å². The predicted molar refractivity (Wildman–Crippen MR) is 116 cm³/mol. The fraction of sp³-hybridized carbons (Fsp3) is 0.250. The summed E-state index contributed by atoms with van der Waals surface area (Å²) in [5.74, 6) is 0.807. The molecule has 1 heterocycles. The molecule has 0 saturated heterocycles. The molecule has 3 atom stereocenters. The highest BCUT2D eigenvalue weighted by Crippen LogP contribution is 2.52. The van der Waals surface area contributed by atoms with Crippen LogP contribution < -0.4 is 10.6 Å². The Morgan fingerprint density at radius 1 is 1.00 bits per heavy atom. The van der Waals surface area contributed by atoms with E-state index in [9.17, 15) is 9.59 Å². The highest BCUT2D eigenvalue weighted by atomic mass is 16.4. The van der Waals surface area contributed by atoms with Crippen molar-refractivity contribution in [3.05, 3.63) is 72.3 Å². The second-order valence-corrected chi connectivity index (χ2v) is 8.37. The van der Waals surface area contributed by atoms with E-state index in [1.54, 1.807) is 24.3 Å². The van der Waals surface area contributed by atoms with E-state index in [1.165, 1.54) is 0 Å². The quantitative estimate of drug-likeness (QED) is 0.598. The first-order valence-corrected chi connectivity index (χ1v) is 10.3. The molecule has 0 radical (unpaired) electrons. The SMILES string of the molecule is C[C@]1(C(=O)Nc2ccc(C(=O)Nc3nnc(-c4ccccc4)o3)cc2)C[C@H]2C=C[C@H]1C2. The monoisotopic (exact) mass is 414 g/mol. The lowest BCUT2D eigenvalue weighted by Crippen LogP contribution is -2.36. The lowest BCUT2D eigenvalue weighted by atomic mass is 9.77. The molecule has 2 aromatic carbocycles. The van der Waals surface area contributed by atoms with Crippen LogP contribution >= 0.6 is 0 Å². The average molecular weight is 414 g/mol. The topological polar surface area (TPSA) is 97.1 Å². The van der Waals surface area contributed by atoms with Gasteiger partial charge in [0.15, 0.2) is 0 Å². The van der Waals surface area contributed by atoms with Crippen LogP contribution in [0.1, 0.15) is 30.1 Å². The molecule has 31 heavy (non-hydrogen) atoms. The first-order chi connectivity index (χ1) is 15.0. The molecule has 0 spiro atoms. The van der Waals surface area contributed by atoms with Gasteiger partial charge in [0.1, 0.15) is 0 Å². The van der Waals surface area contributed by atoms with E-state index < -0.39 is 0 Å². The Balaban J connectivity index is 1.22. The van der Waals surface area contributed by atoms with E-state index in [2.05, 4.69) is 33.0 Å². The van der Waals surface area contributed by atoms with Crippen LogP contribution in [0.25, 0.3) is 11.5 Å². The number of fused-ring (bicyclic) bond motifs is 2. The van der Waals surface area contributed by atoms with Crippen molar-refractivity contribution >= 4 is 23.5 Å². The lowest BCUT2D eigenvalue weighted by Gasteiger charge is -2.29. The lowest BCUT2D eigenvalue weighted by molar-refractivity contribution is -0.126. The van der Waals surface area contributed by atoms with Gasteiger partial charge in [-0.1, -0.05) is 42.4 Å². The number of nitrogens with zero attached hydrogens (tertiary/aromatic N) is 2. The van der Waals surface area contributed by atoms with Gasteiger partial charge in [0, 0.05) is 16.8 Å². The normalized spacial score (nSPS) is 23.6. The van der Waals surface area contributed by atoms with Gasteiger partial charge in [0.2, 0.25) is 11.8 Å². The number of anilines is 2. The van der Waals surface area contributed by atoms with Crippen LogP contribution in [0.4, 0.5) is 11.7 Å². The summed E-state index contributed by atoms with van der Waals surface area (Å²) in [6, 6.07) is 16.1. The van der Waals surface area contributed by atoms with Crippen molar-refractivity contribution in [1.82, 2.24) is 10.2 Å². The van der Waals surface area contributed by atoms with Gasteiger partial charge < -0.3 is 9.73 Å². The molecule has 0 unspecified atom stereocenters. The van der Waals surface area contributed by atoms with Crippen LogP contribution in [0, 0.1) is 17.3 Å². The van der Waals surface area contributed by atoms with Crippen LogP contribution in [0.3, 0.4) is 0 Å². The molecule has 2 aliphatic carbocycles. The number of carbonyl (C=O) groups excluding carboxylic acids is 2. The first-order valence-electron chi connectivity index (χ1n) is 10.3. The van der Waals surface area contributed by atoms with Crippen LogP contribution in [0.2, 0.25) is 0 Å². The van der Waals surface area contributed by atoms with Gasteiger partial charge >= 0.3 is 6.01 Å². The van der Waals surface area contributed by atoms with E-state index in [1.807, 2.05) is 37.3 Å². The van der Waals surface area contributed by atoms with Crippen LogP contribution in [0.15, 0.2) is 71.2 Å². The van der Waals surface area contributed by atoms with E-state index in [0.29, 0.717) is 29.0 Å². The number of hydrogen-bond acceptors (Lipinski definition) is 5. The van der Waals surface area contributed by atoms with Crippen LogP contribution in [-0.4, -0.2) is 22.0 Å². The summed E-state index contributed by atoms with van der Waals surface area (Å²) < 4.78 is 5.51. The Labute approximate surface area is 179 Å². The first kappa shape index (κ1) is 19.2. The molecule has 5 rings (SSSR count). The molecule has 1 aromatic heterocycles. The van der Waals surface area contributed by atoms with Gasteiger partial charge in [-0.25, -0.2) is 0 Å². The maximum absolute atomic E-state index is 12.9. The van der Waals surface area contributed by atoms with Crippen molar-refractivity contribution in [3.63, 3.8) is 0 Å². The van der Waals surface area contributed by atoms with Crippen molar-refractivity contribution in [2.75, 3.05) is 10.6 Å². The number of benzene rings is 2. The average Bonchev–Trinajstić information content (AvgIpc) is 3.51. The fourth-order valence-corrected chi connectivity index (χ4v) is 4.47. The molecule has 2 amide bonds. The van der Waals surface area contributed by atoms with E-state index in [4.69, 9.17) is 4.42 Å². The van der Waals surface area contributed by atoms with Crippen LogP contribution in [0.5, 0.6) is 0 Å². The Kier molecular flexibility index (Phi) is 4.66. The molecule has 2 N–H and O–H groups in total. The molecular formula is C24H22N4O3. The highest BCUT2D eigenvalue weighted by Gasteiger charge is 2.49. The molecule has 156 valence electrons. The molecule has 1 saturated carbocycles. The summed E-state index contributed by atoms with van der Waals surface area (Å²) in [7, 11) is 0. The Morgan fingerprint density at radius 3 is 2.45 bits per heavy atom. The Morgan fingerprint density at radius 2 is 1.77 bits per heavy atom. The maximum Gasteiger partial charge on any atom is 0.322 e. The number of rotatable bonds is 5. The minimum Gasteiger partial charge on any atom is -0.403 e. The minimum atomic E-state index is -0.371. The zero-order valence-corrected chi connectivity index (χ0v) is 17.0. The summed E-state index contributed by atoms with van der Waals surface area (Å²) in [4.78, 5) is 25.4. The molecule has 7 heteroatoms. The summed E-state index contributed by atoms with van der Waals surface area (Å²) >= 11 is 0. The number of amides is 2. The number of nitrogens with one attached hydrogen (secondary N) is 2. The Hall–Kier alpha value is -3.74. The van der Waals surface area contributed by atoms with Gasteiger partial charge in [0.05, 0.1) is 5.41 Å². The molecule has 7 nitrogen and oxygen atoms in total. The summed E-state index contributed by atoms with van der Waals surface area (Å²) in [6.07, 6.45) is 6.33. The van der Waals surface area contributed by atoms with Gasteiger partial charge in [0.25, 0.3) is 5.91 Å². The van der Waals surface area contributed by atoms with Crippen molar-refractivity contribution in [1.29, 1.82) is 0 Å². The number of hydrogen-bond donors (Lipinski definition) is 2. The zero-order valence-electron chi connectivity index (χ0n) is 17.0. The fourth-order valence-electron chi connectivity index (χ4n) is 4.47. The molecule has 1 fully saturated rings. The smallest absolute Gasteiger partial charge is 0.322 e. The van der Waals surface area contributed by atoms with E-state index in [0.717, 1.165) is 18.4 Å². The summed E-state index contributed by atoms with van der Waals surface area (Å²) in [5.41, 5.74) is 1.49. The largest absolute Gasteiger partial charge is 0.403 e. The van der Waals surface area contributed by atoms with E-state index >= 15 is 0 Å². The molecule has 3 aromatic rings. The van der Waals surface area contributed by atoms with Crippen LogP contribution in [-0.2, 0) is 4.79 Å². The van der Waals surface area contributed by atoms with Crippen molar-refractivity contribution < 1.29 is 14.0 Å². The number of carbonyl (C=O) groups is 2. The van der Waals surface area contributed by atoms with E-state index in [-0.39, 0.29) is 23.2 Å². The standard InChI is InChI=1S/C24H22N4O3/c1-24(14-15-7-10-18(24)13-15)22(30)25-19-11-8-16(9-12-19)20(29)26-23-28-27-21(31-23)17-5-3-2-4-6-17/h2-12,15,18H,13-14H2,1H3,(H,25,30)(H,26,28,29)/t15-,18-,24-/m0/s1. The summed E-state index contributed by atoms with van der Waals surface area (Å²) in [6.45, 7) is 2.03. The van der Waals surface area contributed by atoms with Gasteiger partial charge in [-0.3, -0.25) is 14.9 Å². The maximum atomic E-state index is 12.9. The third kappa shape index (κ3) is 3.63. The molecular weight excluding hydrogens is 392 g/mol. The summed E-state index contributed by atoms with van der Waals surface area (Å²) in [5, 5.41) is 13.4. The zero-order chi connectivity index (χ0) is 21.4. The van der Waals surface area contributed by atoms with Gasteiger partial charge in [-0.05, 0) is 61.1 Å². The number of aromatic nitrogens is 2. The number of allylic oxidation sites excluding steroid dienone is 2. The minimum absolute atomic E-state index is 0.0264. The predicted octanol–water partition coefficient (Wildman–Crippen LogP) is 4.53. The third-order valence-corrected chi connectivity index (χ3v) is 6.27. The van der Waals surface area contributed by atoms with Gasteiger partial charge in [-0.15, -0.1) is 5.10 Å². The Bertz CT molecular complexity index is 1150. The second kappa shape index (κ2) is 7.50. The van der Waals surface area contributed by atoms with Crippen molar-refractivity contribution in [2.24, 2.45) is 17.3 Å². The molecule has 0 aliphatic heterocycles.